The van der Waals surface area contributed by atoms with Gasteiger partial charge in [-0.3, -0.25) is 4.55 Å². The van der Waals surface area contributed by atoms with E-state index in [1.807, 2.05) is 6.07 Å². The van der Waals surface area contributed by atoms with E-state index in [1.165, 1.54) is 61.8 Å². The predicted octanol–water partition coefficient (Wildman–Crippen LogP) is 5.03. The summed E-state index contributed by atoms with van der Waals surface area (Å²) in [6, 6.07) is 6.30. The van der Waals surface area contributed by atoms with Gasteiger partial charge in [-0.1, -0.05) is 27.5 Å². The third-order valence-corrected chi connectivity index (χ3v) is 7.73. The van der Waals surface area contributed by atoms with E-state index in [-0.39, 0.29) is 6.04 Å². The van der Waals surface area contributed by atoms with Gasteiger partial charge in [-0.25, -0.2) is 8.93 Å². The lowest BCUT2D eigenvalue weighted by atomic mass is 9.84. The van der Waals surface area contributed by atoms with Gasteiger partial charge in [0.1, 0.15) is 0 Å². The number of hydrogen-bond acceptors (Lipinski definition) is 2. The number of nitrogens with zero attached hydrogens (tertiary/aromatic N) is 1. The Morgan fingerprint density at radius 1 is 1.15 bits per heavy atom. The molecule has 1 aromatic rings. The fourth-order valence-corrected chi connectivity index (χ4v) is 5.63. The highest BCUT2D eigenvalue weighted by atomic mass is 79.9. The molecule has 2 N–H and O–H groups in total. The quantitative estimate of drug-likeness (QED) is 0.541. The highest BCUT2D eigenvalue weighted by molar-refractivity contribution is 9.10. The fourth-order valence-electron chi connectivity index (χ4n) is 4.50. The Balaban J connectivity index is 1.34. The minimum Gasteiger partial charge on any atom is -0.303 e. The van der Waals surface area contributed by atoms with Gasteiger partial charge in [0.15, 0.2) is 0 Å². The maximum Gasteiger partial charge on any atom is 0.231 e. The molecule has 0 aromatic heterocycles. The highest BCUT2D eigenvalue weighted by Gasteiger charge is 2.24. The average Bonchev–Trinajstić information content (AvgIpc) is 2.65. The highest BCUT2D eigenvalue weighted by Crippen LogP contribution is 2.30. The number of hydrogen-bond donors (Lipinski definition) is 2. The summed E-state index contributed by atoms with van der Waals surface area (Å²) in [4.78, 5) is 2.62. The summed E-state index contributed by atoms with van der Waals surface area (Å²) in [6.45, 7) is 3.59. The van der Waals surface area contributed by atoms with Crippen LogP contribution in [0.25, 0.3) is 0 Å². The van der Waals surface area contributed by atoms with Gasteiger partial charge in [0, 0.05) is 15.5 Å². The Kier molecular flexibility index (Phi) is 8.61. The molecule has 1 aliphatic heterocycles. The summed E-state index contributed by atoms with van der Waals surface area (Å²) in [7, 11) is 0. The molecule has 0 spiro atoms. The predicted molar refractivity (Wildman–Crippen MR) is 116 cm³/mol. The first kappa shape index (κ1) is 21.7. The van der Waals surface area contributed by atoms with E-state index in [0.29, 0.717) is 0 Å². The van der Waals surface area contributed by atoms with E-state index in [0.717, 1.165) is 36.1 Å². The molecule has 1 unspecified atom stereocenters. The molecule has 1 atom stereocenters. The summed E-state index contributed by atoms with van der Waals surface area (Å²) >= 11 is 7.93. The van der Waals surface area contributed by atoms with Crippen molar-refractivity contribution in [1.29, 1.82) is 0 Å². The molecule has 4 nitrogen and oxygen atoms in total. The third-order valence-electron chi connectivity index (χ3n) is 6.19. The number of rotatable bonds is 7. The molecular weight excluding hydrogens is 448 g/mol. The Bertz CT molecular complexity index is 632. The second kappa shape index (κ2) is 10.7. The molecule has 152 valence electrons. The van der Waals surface area contributed by atoms with Crippen LogP contribution in [0.3, 0.4) is 0 Å². The minimum atomic E-state index is -1.87. The van der Waals surface area contributed by atoms with E-state index < -0.39 is 11.3 Å². The largest absolute Gasteiger partial charge is 0.303 e. The van der Waals surface area contributed by atoms with Gasteiger partial charge in [-0.15, -0.1) is 0 Å². The average molecular weight is 478 g/mol. The normalized spacial score (nSPS) is 26.2. The third kappa shape index (κ3) is 7.09. The maximum absolute atomic E-state index is 10.8. The zero-order valence-corrected chi connectivity index (χ0v) is 18.9. The van der Waals surface area contributed by atoms with E-state index in [1.54, 1.807) is 0 Å². The second-order valence-electron chi connectivity index (χ2n) is 8.10. The van der Waals surface area contributed by atoms with Gasteiger partial charge in [-0.05, 0) is 107 Å². The van der Waals surface area contributed by atoms with Crippen LogP contribution >= 0.6 is 27.5 Å². The molecule has 0 radical (unpaired) electrons. The molecule has 0 bridgehead atoms. The van der Waals surface area contributed by atoms with E-state index in [2.05, 4.69) is 37.7 Å². The summed E-state index contributed by atoms with van der Waals surface area (Å²) in [5.74, 6) is 1.52. The maximum atomic E-state index is 10.8. The lowest BCUT2D eigenvalue weighted by Crippen LogP contribution is -2.37. The summed E-state index contributed by atoms with van der Waals surface area (Å²) in [6.07, 6.45) is 9.29. The molecular formula is C20H30BrClN2O2S. The van der Waals surface area contributed by atoms with Gasteiger partial charge >= 0.3 is 0 Å². The Hall–Kier alpha value is 0.0200. The summed E-state index contributed by atoms with van der Waals surface area (Å²) in [5, 5.41) is 0.820. The van der Waals surface area contributed by atoms with Crippen molar-refractivity contribution >= 4 is 38.8 Å². The van der Waals surface area contributed by atoms with Crippen LogP contribution in [0.1, 0.15) is 50.5 Å². The van der Waals surface area contributed by atoms with Gasteiger partial charge in [0.25, 0.3) is 0 Å². The lowest BCUT2D eigenvalue weighted by Gasteiger charge is -2.34. The number of halogens is 2. The summed E-state index contributed by atoms with van der Waals surface area (Å²) < 4.78 is 23.7. The Labute approximate surface area is 179 Å². The van der Waals surface area contributed by atoms with Crippen LogP contribution in [0.4, 0.5) is 0 Å². The lowest BCUT2D eigenvalue weighted by molar-refractivity contribution is 0.164. The second-order valence-corrected chi connectivity index (χ2v) is 10.1. The van der Waals surface area contributed by atoms with Crippen molar-refractivity contribution in [2.75, 3.05) is 19.6 Å². The van der Waals surface area contributed by atoms with Crippen LogP contribution in [-0.2, 0) is 17.7 Å². The van der Waals surface area contributed by atoms with E-state index in [4.69, 9.17) is 16.2 Å². The molecule has 3 rings (SSSR count). The molecule has 1 heterocycles. The van der Waals surface area contributed by atoms with Gasteiger partial charge < -0.3 is 4.90 Å². The smallest absolute Gasteiger partial charge is 0.231 e. The van der Waals surface area contributed by atoms with Crippen LogP contribution in [0.15, 0.2) is 22.7 Å². The van der Waals surface area contributed by atoms with Crippen LogP contribution in [0.5, 0.6) is 0 Å². The molecule has 1 saturated carbocycles. The van der Waals surface area contributed by atoms with Crippen molar-refractivity contribution < 1.29 is 8.76 Å². The van der Waals surface area contributed by atoms with Crippen molar-refractivity contribution in [2.45, 2.75) is 57.4 Å². The Morgan fingerprint density at radius 3 is 2.52 bits per heavy atom. The first-order chi connectivity index (χ1) is 13.0. The first-order valence-electron chi connectivity index (χ1n) is 10.0. The Morgan fingerprint density at radius 2 is 1.85 bits per heavy atom. The van der Waals surface area contributed by atoms with Crippen LogP contribution in [0.2, 0.25) is 5.02 Å². The zero-order chi connectivity index (χ0) is 19.2. The first-order valence-corrected chi connectivity index (χ1v) is 12.3. The molecule has 0 amide bonds. The van der Waals surface area contributed by atoms with Gasteiger partial charge in [0.05, 0.1) is 0 Å². The molecule has 1 aliphatic carbocycles. The number of likely N-dealkylation sites (tertiary alicyclic amines) is 1. The fraction of sp³-hybridized carbons (Fsp3) is 0.700. The minimum absolute atomic E-state index is 0.216. The zero-order valence-electron chi connectivity index (χ0n) is 15.7. The SMILES string of the molecule is O=S(O)NC1CCC(CCN2CCC(Cc3cc(Cl)ccc3Br)CC2)CC1. The van der Waals surface area contributed by atoms with Crippen molar-refractivity contribution in [3.8, 4) is 0 Å². The molecule has 1 aromatic carbocycles. The van der Waals surface area contributed by atoms with Crippen LogP contribution in [-0.4, -0.2) is 39.3 Å². The van der Waals surface area contributed by atoms with E-state index >= 15 is 0 Å². The molecule has 2 fully saturated rings. The standard InChI is InChI=1S/C20H30BrClN2O2S/c21-20-6-3-18(22)14-17(20)13-16-8-11-24(12-9-16)10-7-15-1-4-19(5-2-15)23-27(25)26/h3,6,14-16,19,23H,1-2,4-5,7-13H2,(H,25,26). The van der Waals surface area contributed by atoms with Crippen LogP contribution < -0.4 is 4.72 Å². The van der Waals surface area contributed by atoms with Crippen molar-refractivity contribution in [2.24, 2.45) is 11.8 Å². The van der Waals surface area contributed by atoms with E-state index in [9.17, 15) is 4.21 Å². The monoisotopic (exact) mass is 476 g/mol. The van der Waals surface area contributed by atoms with Crippen LogP contribution in [0, 0.1) is 11.8 Å². The molecule has 1 saturated heterocycles. The summed E-state index contributed by atoms with van der Waals surface area (Å²) in [5.41, 5.74) is 1.33. The van der Waals surface area contributed by atoms with Crippen molar-refractivity contribution in [3.05, 3.63) is 33.3 Å². The number of piperidine rings is 1. The molecule has 27 heavy (non-hydrogen) atoms. The van der Waals surface area contributed by atoms with Crippen molar-refractivity contribution in [3.63, 3.8) is 0 Å². The van der Waals surface area contributed by atoms with Crippen molar-refractivity contribution in [1.82, 2.24) is 9.62 Å². The van der Waals surface area contributed by atoms with Gasteiger partial charge in [0.2, 0.25) is 11.3 Å². The molecule has 7 heteroatoms. The number of benzene rings is 1. The number of nitrogens with one attached hydrogen (secondary N) is 1. The topological polar surface area (TPSA) is 52.6 Å². The molecule has 2 aliphatic rings. The van der Waals surface area contributed by atoms with Gasteiger partial charge in [-0.2, -0.15) is 0 Å².